The molecule has 22 heavy (non-hydrogen) atoms. The molecular weight excluding hydrogens is 278 g/mol. The van der Waals surface area contributed by atoms with Crippen molar-refractivity contribution >= 4 is 5.91 Å². The number of ether oxygens (including phenoxy) is 1. The molecule has 1 amide bonds. The highest BCUT2D eigenvalue weighted by Gasteiger charge is 2.29. The highest BCUT2D eigenvalue weighted by molar-refractivity contribution is 5.78. The van der Waals surface area contributed by atoms with Crippen LogP contribution in [0.15, 0.2) is 6.20 Å². The second kappa shape index (κ2) is 7.09. The summed E-state index contributed by atoms with van der Waals surface area (Å²) >= 11 is 0. The number of aryl methyl sites for hydroxylation is 1. The van der Waals surface area contributed by atoms with Gasteiger partial charge in [-0.15, -0.1) is 0 Å². The Morgan fingerprint density at radius 2 is 2.09 bits per heavy atom. The molecule has 1 aromatic rings. The lowest BCUT2D eigenvalue weighted by Gasteiger charge is -2.24. The second-order valence-electron chi connectivity index (χ2n) is 6.09. The van der Waals surface area contributed by atoms with Gasteiger partial charge in [0.15, 0.2) is 0 Å². The minimum atomic E-state index is 0.148. The number of likely N-dealkylation sites (N-methyl/N-ethyl adjacent to an activating group) is 2. The first-order valence-corrected chi connectivity index (χ1v) is 7.95. The van der Waals surface area contributed by atoms with Gasteiger partial charge < -0.3 is 9.64 Å². The van der Waals surface area contributed by atoms with E-state index in [2.05, 4.69) is 16.8 Å². The number of methoxy groups -OCH3 is 1. The summed E-state index contributed by atoms with van der Waals surface area (Å²) < 4.78 is 5.43. The van der Waals surface area contributed by atoms with Crippen LogP contribution in [0.3, 0.4) is 0 Å². The van der Waals surface area contributed by atoms with E-state index >= 15 is 0 Å². The Morgan fingerprint density at radius 3 is 2.64 bits per heavy atom. The number of nitrogens with zero attached hydrogens (tertiary/aromatic N) is 3. The average Bonchev–Trinajstić information content (AvgIpc) is 3.32. The highest BCUT2D eigenvalue weighted by Crippen LogP contribution is 2.27. The van der Waals surface area contributed by atoms with Crippen molar-refractivity contribution < 1.29 is 9.53 Å². The second-order valence-corrected chi connectivity index (χ2v) is 6.09. The fourth-order valence-corrected chi connectivity index (χ4v) is 2.78. The van der Waals surface area contributed by atoms with E-state index in [0.717, 1.165) is 29.1 Å². The molecule has 1 aliphatic carbocycles. The summed E-state index contributed by atoms with van der Waals surface area (Å²) in [6, 6.07) is 0.613. The van der Waals surface area contributed by atoms with Gasteiger partial charge in [0.05, 0.1) is 25.9 Å². The normalized spacial score (nSPS) is 14.3. The van der Waals surface area contributed by atoms with Gasteiger partial charge in [-0.1, -0.05) is 6.92 Å². The third-order valence-corrected chi connectivity index (χ3v) is 4.37. The van der Waals surface area contributed by atoms with E-state index in [4.69, 9.17) is 4.74 Å². The van der Waals surface area contributed by atoms with Gasteiger partial charge in [-0.05, 0) is 33.2 Å². The maximum absolute atomic E-state index is 12.4. The zero-order chi connectivity index (χ0) is 16.3. The molecule has 0 radical (unpaired) electrons. The third kappa shape index (κ3) is 3.77. The van der Waals surface area contributed by atoms with E-state index < -0.39 is 0 Å². The van der Waals surface area contributed by atoms with E-state index in [1.54, 1.807) is 12.0 Å². The number of amides is 1. The van der Waals surface area contributed by atoms with Crippen molar-refractivity contribution in [2.45, 2.75) is 46.2 Å². The summed E-state index contributed by atoms with van der Waals surface area (Å²) in [6.07, 6.45) is 4.25. The zero-order valence-corrected chi connectivity index (χ0v) is 14.3. The molecule has 0 bridgehead atoms. The molecule has 1 fully saturated rings. The molecule has 1 aromatic heterocycles. The molecule has 5 nitrogen and oxygen atoms in total. The number of carbonyl (C=O) groups excluding carboxylic acids is 1. The number of hydrogen-bond donors (Lipinski definition) is 0. The standard InChI is InChI=1S/C17H27N3O2/c1-6-20(14-7-8-14)11-16(21)19(4)10-15-13(3)17(22-5)12(2)9-18-15/h9,14H,6-8,10-11H2,1-5H3. The molecule has 5 heteroatoms. The number of rotatable bonds is 7. The lowest BCUT2D eigenvalue weighted by molar-refractivity contribution is -0.131. The smallest absolute Gasteiger partial charge is 0.236 e. The average molecular weight is 305 g/mol. The van der Waals surface area contributed by atoms with Gasteiger partial charge in [-0.3, -0.25) is 14.7 Å². The summed E-state index contributed by atoms with van der Waals surface area (Å²) in [4.78, 5) is 20.9. The predicted octanol–water partition coefficient (Wildman–Crippen LogP) is 2.15. The Hall–Kier alpha value is -1.62. The fourth-order valence-electron chi connectivity index (χ4n) is 2.78. The van der Waals surface area contributed by atoms with Crippen LogP contribution in [-0.4, -0.2) is 54.0 Å². The van der Waals surface area contributed by atoms with E-state index in [1.165, 1.54) is 12.8 Å². The van der Waals surface area contributed by atoms with E-state index in [9.17, 15) is 4.79 Å². The van der Waals surface area contributed by atoms with Crippen molar-refractivity contribution in [3.8, 4) is 5.75 Å². The van der Waals surface area contributed by atoms with Gasteiger partial charge in [0, 0.05) is 30.4 Å². The van der Waals surface area contributed by atoms with Gasteiger partial charge in [0.2, 0.25) is 5.91 Å². The molecule has 0 N–H and O–H groups in total. The summed E-state index contributed by atoms with van der Waals surface area (Å²) in [5.41, 5.74) is 2.92. The van der Waals surface area contributed by atoms with Crippen LogP contribution in [0, 0.1) is 13.8 Å². The number of carbonyl (C=O) groups is 1. The minimum Gasteiger partial charge on any atom is -0.496 e. The van der Waals surface area contributed by atoms with Crippen molar-refractivity contribution in [3.05, 3.63) is 23.0 Å². The molecule has 122 valence electrons. The Bertz CT molecular complexity index is 541. The van der Waals surface area contributed by atoms with Gasteiger partial charge in [0.25, 0.3) is 0 Å². The maximum Gasteiger partial charge on any atom is 0.236 e. The number of hydrogen-bond acceptors (Lipinski definition) is 4. The Kier molecular flexibility index (Phi) is 5.40. The highest BCUT2D eigenvalue weighted by atomic mass is 16.5. The summed E-state index contributed by atoms with van der Waals surface area (Å²) in [5.74, 6) is 1.01. The zero-order valence-electron chi connectivity index (χ0n) is 14.3. The molecule has 0 aliphatic heterocycles. The van der Waals surface area contributed by atoms with Crippen LogP contribution < -0.4 is 4.74 Å². The van der Waals surface area contributed by atoms with Gasteiger partial charge in [-0.2, -0.15) is 0 Å². The molecule has 0 atom stereocenters. The first kappa shape index (κ1) is 16.7. The van der Waals surface area contributed by atoms with E-state index in [1.807, 2.05) is 27.1 Å². The molecular formula is C17H27N3O2. The fraction of sp³-hybridized carbons (Fsp3) is 0.647. The summed E-state index contributed by atoms with van der Waals surface area (Å²) in [6.45, 7) is 8.03. The summed E-state index contributed by atoms with van der Waals surface area (Å²) in [7, 11) is 3.51. The molecule has 0 aromatic carbocycles. The van der Waals surface area contributed by atoms with Gasteiger partial charge in [0.1, 0.15) is 5.75 Å². The minimum absolute atomic E-state index is 0.148. The van der Waals surface area contributed by atoms with Crippen molar-refractivity contribution in [2.24, 2.45) is 0 Å². The number of aromatic nitrogens is 1. The maximum atomic E-state index is 12.4. The lowest BCUT2D eigenvalue weighted by atomic mass is 10.1. The van der Waals surface area contributed by atoms with Crippen LogP contribution >= 0.6 is 0 Å². The molecule has 1 aliphatic rings. The number of pyridine rings is 1. The van der Waals surface area contributed by atoms with Crippen molar-refractivity contribution in [3.63, 3.8) is 0 Å². The lowest BCUT2D eigenvalue weighted by Crippen LogP contribution is -2.39. The van der Waals surface area contributed by atoms with Crippen molar-refractivity contribution in [1.29, 1.82) is 0 Å². The van der Waals surface area contributed by atoms with E-state index in [-0.39, 0.29) is 5.91 Å². The Balaban J connectivity index is 2.01. The SMILES string of the molecule is CCN(CC(=O)N(C)Cc1ncc(C)c(OC)c1C)C1CC1. The third-order valence-electron chi connectivity index (χ3n) is 4.37. The largest absolute Gasteiger partial charge is 0.496 e. The Labute approximate surface area is 133 Å². The molecule has 0 unspecified atom stereocenters. The Morgan fingerprint density at radius 1 is 1.41 bits per heavy atom. The van der Waals surface area contributed by atoms with Gasteiger partial charge >= 0.3 is 0 Å². The quantitative estimate of drug-likeness (QED) is 0.774. The van der Waals surface area contributed by atoms with Crippen LogP contribution in [0.5, 0.6) is 5.75 Å². The predicted molar refractivity (Wildman–Crippen MR) is 87.0 cm³/mol. The molecule has 0 saturated heterocycles. The van der Waals surface area contributed by atoms with Gasteiger partial charge in [-0.25, -0.2) is 0 Å². The molecule has 1 heterocycles. The molecule has 1 saturated carbocycles. The van der Waals surface area contributed by atoms with Crippen molar-refractivity contribution in [2.75, 3.05) is 27.2 Å². The van der Waals surface area contributed by atoms with Crippen molar-refractivity contribution in [1.82, 2.24) is 14.8 Å². The van der Waals surface area contributed by atoms with Crippen LogP contribution in [0.1, 0.15) is 36.6 Å². The molecule has 2 rings (SSSR count). The van der Waals surface area contributed by atoms with Crippen LogP contribution in [0.4, 0.5) is 0 Å². The summed E-state index contributed by atoms with van der Waals surface area (Å²) in [5, 5.41) is 0. The van der Waals surface area contributed by atoms with Crippen LogP contribution in [0.25, 0.3) is 0 Å². The first-order valence-electron chi connectivity index (χ1n) is 7.95. The van der Waals surface area contributed by atoms with Crippen LogP contribution in [0.2, 0.25) is 0 Å². The monoisotopic (exact) mass is 305 g/mol. The van der Waals surface area contributed by atoms with E-state index in [0.29, 0.717) is 19.1 Å². The first-order chi connectivity index (χ1) is 10.5. The van der Waals surface area contributed by atoms with Crippen LogP contribution in [-0.2, 0) is 11.3 Å². The molecule has 0 spiro atoms. The topological polar surface area (TPSA) is 45.7 Å².